The number of rotatable bonds is 4. The average molecular weight is 233 g/mol. The molecule has 2 rings (SSSR count). The van der Waals surface area contributed by atoms with Crippen molar-refractivity contribution in [1.29, 1.82) is 0 Å². The topological polar surface area (TPSA) is 52.1 Å². The normalized spacial score (nSPS) is 12.0. The molecule has 0 atom stereocenters. The minimum absolute atomic E-state index is 0.0995. The predicted molar refractivity (Wildman–Crippen MR) is 70.2 cm³/mol. The van der Waals surface area contributed by atoms with Gasteiger partial charge in [-0.15, -0.1) is 0 Å². The first-order valence-electron chi connectivity index (χ1n) is 5.77. The predicted octanol–water partition coefficient (Wildman–Crippen LogP) is 2.02. The molecule has 1 aromatic carbocycles. The van der Waals surface area contributed by atoms with E-state index >= 15 is 0 Å². The number of nitrogens with one attached hydrogen (secondary N) is 1. The van der Waals surface area contributed by atoms with Crippen LogP contribution in [0, 0.1) is 5.41 Å². The molecule has 0 spiro atoms. The first-order chi connectivity index (χ1) is 8.02. The molecule has 92 valence electrons. The fraction of sp³-hybridized carbons (Fsp3) is 0.462. The molecule has 2 N–H and O–H groups in total. The lowest BCUT2D eigenvalue weighted by atomic mass is 9.94. The van der Waals surface area contributed by atoms with Crippen molar-refractivity contribution >= 4 is 16.7 Å². The van der Waals surface area contributed by atoms with E-state index in [9.17, 15) is 5.11 Å². The summed E-state index contributed by atoms with van der Waals surface area (Å²) in [7, 11) is 2.04. The van der Waals surface area contributed by atoms with E-state index in [1.54, 1.807) is 6.33 Å². The molecule has 0 saturated carbocycles. The van der Waals surface area contributed by atoms with Gasteiger partial charge in [-0.3, -0.25) is 0 Å². The van der Waals surface area contributed by atoms with Crippen LogP contribution in [-0.4, -0.2) is 35.3 Å². The summed E-state index contributed by atoms with van der Waals surface area (Å²) < 4.78 is 0. The lowest BCUT2D eigenvalue weighted by molar-refractivity contribution is 0.165. The number of benzene rings is 1. The maximum atomic E-state index is 9.29. The van der Waals surface area contributed by atoms with Gasteiger partial charge in [0.2, 0.25) is 0 Å². The second-order valence-electron chi connectivity index (χ2n) is 5.28. The van der Waals surface area contributed by atoms with Gasteiger partial charge in [-0.2, -0.15) is 0 Å². The quantitative estimate of drug-likeness (QED) is 0.849. The van der Waals surface area contributed by atoms with Crippen LogP contribution in [-0.2, 0) is 0 Å². The molecule has 0 radical (unpaired) electrons. The largest absolute Gasteiger partial charge is 0.396 e. The van der Waals surface area contributed by atoms with Crippen LogP contribution in [0.25, 0.3) is 11.0 Å². The van der Waals surface area contributed by atoms with Crippen molar-refractivity contribution in [1.82, 2.24) is 9.97 Å². The van der Waals surface area contributed by atoms with Crippen LogP contribution >= 0.6 is 0 Å². The molecule has 0 bridgehead atoms. The van der Waals surface area contributed by atoms with E-state index in [2.05, 4.69) is 40.8 Å². The molecule has 0 unspecified atom stereocenters. The number of H-pyrrole nitrogens is 1. The second-order valence-corrected chi connectivity index (χ2v) is 5.28. The molecule has 4 nitrogen and oxygen atoms in total. The van der Waals surface area contributed by atoms with E-state index < -0.39 is 0 Å². The Morgan fingerprint density at radius 3 is 2.88 bits per heavy atom. The summed E-state index contributed by atoms with van der Waals surface area (Å²) in [5.74, 6) is 0. The Hall–Kier alpha value is -1.55. The number of aromatic amines is 1. The van der Waals surface area contributed by atoms with Gasteiger partial charge in [0.1, 0.15) is 0 Å². The number of aliphatic hydroxyl groups is 1. The Kier molecular flexibility index (Phi) is 3.07. The van der Waals surface area contributed by atoms with Crippen molar-refractivity contribution in [2.45, 2.75) is 13.8 Å². The smallest absolute Gasteiger partial charge is 0.0931 e. The molecule has 17 heavy (non-hydrogen) atoms. The number of imidazole rings is 1. The van der Waals surface area contributed by atoms with Crippen LogP contribution in [0.3, 0.4) is 0 Å². The summed E-state index contributed by atoms with van der Waals surface area (Å²) in [5.41, 5.74) is 3.04. The van der Waals surface area contributed by atoms with Crippen LogP contribution in [0.2, 0.25) is 0 Å². The third-order valence-electron chi connectivity index (χ3n) is 2.94. The highest BCUT2D eigenvalue weighted by molar-refractivity contribution is 5.78. The van der Waals surface area contributed by atoms with Crippen molar-refractivity contribution in [2.75, 3.05) is 25.1 Å². The van der Waals surface area contributed by atoms with Crippen LogP contribution in [0.1, 0.15) is 13.8 Å². The summed E-state index contributed by atoms with van der Waals surface area (Å²) in [6, 6.07) is 6.13. The molecule has 0 saturated heterocycles. The third kappa shape index (κ3) is 2.58. The lowest BCUT2D eigenvalue weighted by Gasteiger charge is -2.29. The number of nitrogens with zero attached hydrogens (tertiary/aromatic N) is 2. The zero-order chi connectivity index (χ0) is 12.5. The lowest BCUT2D eigenvalue weighted by Crippen LogP contribution is -2.33. The van der Waals surface area contributed by atoms with Gasteiger partial charge in [0.15, 0.2) is 0 Å². The third-order valence-corrected chi connectivity index (χ3v) is 2.94. The van der Waals surface area contributed by atoms with E-state index in [1.165, 1.54) is 0 Å². The highest BCUT2D eigenvalue weighted by Crippen LogP contribution is 2.23. The molecular weight excluding hydrogens is 214 g/mol. The molecule has 0 amide bonds. The minimum Gasteiger partial charge on any atom is -0.396 e. The number of hydrogen-bond donors (Lipinski definition) is 2. The van der Waals surface area contributed by atoms with Crippen molar-refractivity contribution in [3.8, 4) is 0 Å². The van der Waals surface area contributed by atoms with Crippen molar-refractivity contribution in [3.05, 3.63) is 24.5 Å². The fourth-order valence-electron chi connectivity index (χ4n) is 1.94. The highest BCUT2D eigenvalue weighted by atomic mass is 16.3. The molecule has 1 aromatic heterocycles. The molecule has 1 heterocycles. The maximum absolute atomic E-state index is 9.29. The van der Waals surface area contributed by atoms with Crippen LogP contribution < -0.4 is 4.90 Å². The molecular formula is C13H19N3O. The van der Waals surface area contributed by atoms with Gasteiger partial charge in [-0.25, -0.2) is 4.98 Å². The molecule has 0 aliphatic carbocycles. The summed E-state index contributed by atoms with van der Waals surface area (Å²) >= 11 is 0. The number of aromatic nitrogens is 2. The minimum atomic E-state index is -0.0995. The summed E-state index contributed by atoms with van der Waals surface area (Å²) in [6.07, 6.45) is 1.70. The first-order valence-corrected chi connectivity index (χ1v) is 5.77. The zero-order valence-electron chi connectivity index (χ0n) is 10.6. The Morgan fingerprint density at radius 2 is 2.18 bits per heavy atom. The Labute approximate surface area is 101 Å². The standard InChI is InChI=1S/C13H19N3O/c1-13(2,8-17)7-16(3)10-4-5-11-12(6-10)15-9-14-11/h4-6,9,17H,7-8H2,1-3H3,(H,14,15). The summed E-state index contributed by atoms with van der Waals surface area (Å²) in [4.78, 5) is 9.45. The molecule has 4 heteroatoms. The van der Waals surface area contributed by atoms with Crippen LogP contribution in [0.4, 0.5) is 5.69 Å². The van der Waals surface area contributed by atoms with E-state index in [-0.39, 0.29) is 12.0 Å². The van der Waals surface area contributed by atoms with E-state index in [4.69, 9.17) is 0 Å². The summed E-state index contributed by atoms with van der Waals surface area (Å²) in [6.45, 7) is 5.10. The van der Waals surface area contributed by atoms with Gasteiger partial charge in [0.05, 0.1) is 17.4 Å². The molecule has 2 aromatic rings. The number of hydrogen-bond acceptors (Lipinski definition) is 3. The van der Waals surface area contributed by atoms with Gasteiger partial charge >= 0.3 is 0 Å². The molecule has 0 aliphatic heterocycles. The number of aliphatic hydroxyl groups excluding tert-OH is 1. The van der Waals surface area contributed by atoms with E-state index in [1.807, 2.05) is 13.1 Å². The van der Waals surface area contributed by atoms with Crippen LogP contribution in [0.5, 0.6) is 0 Å². The van der Waals surface area contributed by atoms with Gasteiger partial charge in [-0.05, 0) is 18.2 Å². The Morgan fingerprint density at radius 1 is 1.41 bits per heavy atom. The van der Waals surface area contributed by atoms with E-state index in [0.717, 1.165) is 23.3 Å². The van der Waals surface area contributed by atoms with E-state index in [0.29, 0.717) is 0 Å². The van der Waals surface area contributed by atoms with Crippen molar-refractivity contribution < 1.29 is 5.11 Å². The molecule has 0 aliphatic rings. The number of fused-ring (bicyclic) bond motifs is 1. The zero-order valence-corrected chi connectivity index (χ0v) is 10.6. The van der Waals surface area contributed by atoms with Gasteiger partial charge < -0.3 is 15.0 Å². The second kappa shape index (κ2) is 4.37. The van der Waals surface area contributed by atoms with Gasteiger partial charge in [-0.1, -0.05) is 13.8 Å². The Bertz CT molecular complexity index is 504. The number of anilines is 1. The molecule has 0 fully saturated rings. The van der Waals surface area contributed by atoms with Crippen molar-refractivity contribution in [3.63, 3.8) is 0 Å². The van der Waals surface area contributed by atoms with Gasteiger partial charge in [0.25, 0.3) is 0 Å². The fourth-order valence-corrected chi connectivity index (χ4v) is 1.94. The van der Waals surface area contributed by atoms with Crippen molar-refractivity contribution in [2.24, 2.45) is 5.41 Å². The summed E-state index contributed by atoms with van der Waals surface area (Å²) in [5, 5.41) is 9.29. The van der Waals surface area contributed by atoms with Crippen LogP contribution in [0.15, 0.2) is 24.5 Å². The highest BCUT2D eigenvalue weighted by Gasteiger charge is 2.19. The SMILES string of the molecule is CN(CC(C)(C)CO)c1ccc2nc[nH]c2c1. The first kappa shape index (κ1) is 11.9. The van der Waals surface area contributed by atoms with Gasteiger partial charge in [0, 0.05) is 31.3 Å². The monoisotopic (exact) mass is 233 g/mol. The maximum Gasteiger partial charge on any atom is 0.0931 e. The average Bonchev–Trinajstić information content (AvgIpc) is 2.75. The Balaban J connectivity index is 2.21.